The molecule has 0 radical (unpaired) electrons. The average molecular weight is 253 g/mol. The van der Waals surface area contributed by atoms with Gasteiger partial charge in [0.1, 0.15) is 6.61 Å². The number of aromatic nitrogens is 2. The largest absolute Gasteiger partial charge is 0.390 e. The second-order valence-electron chi connectivity index (χ2n) is 4.59. The number of carbonyl (C=O) groups excluding carboxylic acids is 1. The van der Waals surface area contributed by atoms with E-state index in [1.165, 1.54) is 7.11 Å². The molecule has 2 heterocycles. The number of hydrogen-bond acceptors (Lipinski definition) is 4. The summed E-state index contributed by atoms with van der Waals surface area (Å²) in [4.78, 5) is 13.6. The molecule has 1 atom stereocenters. The maximum atomic E-state index is 11.8. The highest BCUT2D eigenvalue weighted by Gasteiger charge is 2.26. The van der Waals surface area contributed by atoms with Gasteiger partial charge in [0.15, 0.2) is 0 Å². The standard InChI is InChI=1S/C12H19N3O3/c1-18-8-12(17)15-4-2-3-9(6-15)11-5-10(7-16)13-14-11/h5,9,16H,2-4,6-8H2,1H3,(H,13,14)/t9-/m0/s1. The molecule has 1 aromatic heterocycles. The first-order chi connectivity index (χ1) is 8.74. The minimum atomic E-state index is -0.0357. The summed E-state index contributed by atoms with van der Waals surface area (Å²) in [6, 6.07) is 1.87. The fraction of sp³-hybridized carbons (Fsp3) is 0.667. The molecule has 0 aliphatic carbocycles. The van der Waals surface area contributed by atoms with Crippen molar-refractivity contribution >= 4 is 5.91 Å². The van der Waals surface area contributed by atoms with E-state index in [0.717, 1.165) is 25.1 Å². The number of methoxy groups -OCH3 is 1. The zero-order valence-electron chi connectivity index (χ0n) is 10.6. The summed E-state index contributed by atoms with van der Waals surface area (Å²) in [5, 5.41) is 16.0. The smallest absolute Gasteiger partial charge is 0.248 e. The minimum absolute atomic E-state index is 0.0279. The SMILES string of the molecule is COCC(=O)N1CCC[C@H](c2cc(CO)[nH]n2)C1. The molecule has 0 spiro atoms. The third-order valence-electron chi connectivity index (χ3n) is 3.28. The van der Waals surface area contributed by atoms with E-state index in [2.05, 4.69) is 10.2 Å². The number of hydrogen-bond donors (Lipinski definition) is 2. The third kappa shape index (κ3) is 2.88. The first-order valence-electron chi connectivity index (χ1n) is 6.16. The second-order valence-corrected chi connectivity index (χ2v) is 4.59. The number of amides is 1. The Morgan fingerprint density at radius 3 is 3.22 bits per heavy atom. The van der Waals surface area contributed by atoms with Gasteiger partial charge < -0.3 is 14.7 Å². The highest BCUT2D eigenvalue weighted by molar-refractivity contribution is 5.77. The van der Waals surface area contributed by atoms with Crippen molar-refractivity contribution in [3.05, 3.63) is 17.5 Å². The lowest BCUT2D eigenvalue weighted by molar-refractivity contribution is -0.136. The Morgan fingerprint density at radius 2 is 2.56 bits per heavy atom. The van der Waals surface area contributed by atoms with Gasteiger partial charge in [-0.05, 0) is 18.9 Å². The molecule has 2 rings (SSSR count). The number of aliphatic hydroxyl groups excluding tert-OH is 1. The Hall–Kier alpha value is -1.40. The molecule has 0 bridgehead atoms. The van der Waals surface area contributed by atoms with Crippen LogP contribution in [0.4, 0.5) is 0 Å². The number of piperidine rings is 1. The van der Waals surface area contributed by atoms with Crippen molar-refractivity contribution in [1.29, 1.82) is 0 Å². The highest BCUT2D eigenvalue weighted by Crippen LogP contribution is 2.25. The van der Waals surface area contributed by atoms with E-state index >= 15 is 0 Å². The normalized spacial score (nSPS) is 20.1. The van der Waals surface area contributed by atoms with Gasteiger partial charge in [-0.1, -0.05) is 0 Å². The topological polar surface area (TPSA) is 78.5 Å². The molecule has 0 unspecified atom stereocenters. The molecular weight excluding hydrogens is 234 g/mol. The zero-order valence-corrected chi connectivity index (χ0v) is 10.6. The molecule has 1 aliphatic rings. The molecule has 6 nitrogen and oxygen atoms in total. The predicted octanol–water partition coefficient (Wildman–Crippen LogP) is 0.254. The van der Waals surface area contributed by atoms with Gasteiger partial charge >= 0.3 is 0 Å². The molecule has 100 valence electrons. The van der Waals surface area contributed by atoms with E-state index in [1.807, 2.05) is 11.0 Å². The lowest BCUT2D eigenvalue weighted by Crippen LogP contribution is -2.40. The minimum Gasteiger partial charge on any atom is -0.390 e. The average Bonchev–Trinajstić information content (AvgIpc) is 2.88. The summed E-state index contributed by atoms with van der Waals surface area (Å²) >= 11 is 0. The number of aliphatic hydroxyl groups is 1. The number of nitrogens with zero attached hydrogens (tertiary/aromatic N) is 2. The van der Waals surface area contributed by atoms with Gasteiger partial charge in [-0.2, -0.15) is 5.10 Å². The number of ether oxygens (including phenoxy) is 1. The van der Waals surface area contributed by atoms with Gasteiger partial charge in [-0.3, -0.25) is 9.89 Å². The Kier molecular flexibility index (Phi) is 4.33. The van der Waals surface area contributed by atoms with E-state index in [1.54, 1.807) is 0 Å². The fourth-order valence-electron chi connectivity index (χ4n) is 2.33. The molecular formula is C12H19N3O3. The Bertz CT molecular complexity index is 405. The summed E-state index contributed by atoms with van der Waals surface area (Å²) in [6.45, 7) is 1.56. The summed E-state index contributed by atoms with van der Waals surface area (Å²) in [5.74, 6) is 0.274. The zero-order chi connectivity index (χ0) is 13.0. The van der Waals surface area contributed by atoms with Crippen molar-refractivity contribution in [1.82, 2.24) is 15.1 Å². The predicted molar refractivity (Wildman–Crippen MR) is 64.9 cm³/mol. The summed E-state index contributed by atoms with van der Waals surface area (Å²) in [7, 11) is 1.53. The van der Waals surface area contributed by atoms with Crippen molar-refractivity contribution in [3.8, 4) is 0 Å². The van der Waals surface area contributed by atoms with Crippen molar-refractivity contribution in [2.24, 2.45) is 0 Å². The lowest BCUT2D eigenvalue weighted by atomic mass is 9.94. The van der Waals surface area contributed by atoms with E-state index in [-0.39, 0.29) is 25.0 Å². The number of carbonyl (C=O) groups is 1. The van der Waals surface area contributed by atoms with Crippen LogP contribution < -0.4 is 0 Å². The quantitative estimate of drug-likeness (QED) is 0.806. The van der Waals surface area contributed by atoms with Crippen LogP contribution in [0.5, 0.6) is 0 Å². The molecule has 1 fully saturated rings. The van der Waals surface area contributed by atoms with Crippen LogP contribution in [0.15, 0.2) is 6.07 Å². The third-order valence-corrected chi connectivity index (χ3v) is 3.28. The van der Waals surface area contributed by atoms with Gasteiger partial charge in [0, 0.05) is 26.1 Å². The first kappa shape index (κ1) is 13.0. The van der Waals surface area contributed by atoms with Crippen molar-refractivity contribution in [3.63, 3.8) is 0 Å². The Morgan fingerprint density at radius 1 is 1.72 bits per heavy atom. The lowest BCUT2D eigenvalue weighted by Gasteiger charge is -2.31. The van der Waals surface area contributed by atoms with Crippen molar-refractivity contribution in [2.75, 3.05) is 26.8 Å². The molecule has 18 heavy (non-hydrogen) atoms. The van der Waals surface area contributed by atoms with Crippen LogP contribution in [0, 0.1) is 0 Å². The summed E-state index contributed by atoms with van der Waals surface area (Å²) in [5.41, 5.74) is 1.64. The Labute approximate surface area is 106 Å². The molecule has 2 N–H and O–H groups in total. The van der Waals surface area contributed by atoms with E-state index in [0.29, 0.717) is 12.2 Å². The van der Waals surface area contributed by atoms with Crippen LogP contribution in [0.25, 0.3) is 0 Å². The van der Waals surface area contributed by atoms with Gasteiger partial charge in [0.25, 0.3) is 0 Å². The van der Waals surface area contributed by atoms with Crippen LogP contribution in [0.1, 0.15) is 30.1 Å². The van der Waals surface area contributed by atoms with Crippen LogP contribution in [0.3, 0.4) is 0 Å². The highest BCUT2D eigenvalue weighted by atomic mass is 16.5. The molecule has 0 saturated carbocycles. The monoisotopic (exact) mass is 253 g/mol. The molecule has 1 saturated heterocycles. The summed E-state index contributed by atoms with van der Waals surface area (Å²) in [6.07, 6.45) is 1.99. The number of likely N-dealkylation sites (tertiary alicyclic amines) is 1. The number of rotatable bonds is 4. The van der Waals surface area contributed by atoms with Crippen LogP contribution >= 0.6 is 0 Å². The van der Waals surface area contributed by atoms with Crippen LogP contribution in [0.2, 0.25) is 0 Å². The number of aromatic amines is 1. The van der Waals surface area contributed by atoms with Gasteiger partial charge in [-0.15, -0.1) is 0 Å². The molecule has 6 heteroatoms. The van der Waals surface area contributed by atoms with E-state index in [9.17, 15) is 4.79 Å². The van der Waals surface area contributed by atoms with E-state index in [4.69, 9.17) is 9.84 Å². The number of H-pyrrole nitrogens is 1. The fourth-order valence-corrected chi connectivity index (χ4v) is 2.33. The van der Waals surface area contributed by atoms with Crippen LogP contribution in [-0.2, 0) is 16.1 Å². The van der Waals surface area contributed by atoms with Gasteiger partial charge in [-0.25, -0.2) is 0 Å². The molecule has 1 aromatic rings. The second kappa shape index (κ2) is 5.97. The van der Waals surface area contributed by atoms with Gasteiger partial charge in [0.05, 0.1) is 18.0 Å². The van der Waals surface area contributed by atoms with Crippen molar-refractivity contribution in [2.45, 2.75) is 25.4 Å². The Balaban J connectivity index is 1.99. The van der Waals surface area contributed by atoms with E-state index < -0.39 is 0 Å². The van der Waals surface area contributed by atoms with Crippen molar-refractivity contribution < 1.29 is 14.6 Å². The maximum Gasteiger partial charge on any atom is 0.248 e. The van der Waals surface area contributed by atoms with Crippen LogP contribution in [-0.4, -0.2) is 52.9 Å². The first-order valence-corrected chi connectivity index (χ1v) is 6.16. The molecule has 1 aliphatic heterocycles. The molecule has 0 aromatic carbocycles. The maximum absolute atomic E-state index is 11.8. The van der Waals surface area contributed by atoms with Gasteiger partial charge in [0.2, 0.25) is 5.91 Å². The summed E-state index contributed by atoms with van der Waals surface area (Å²) < 4.78 is 4.87. The number of nitrogens with one attached hydrogen (secondary N) is 1. The molecule has 1 amide bonds.